The van der Waals surface area contributed by atoms with Crippen molar-refractivity contribution in [2.24, 2.45) is 10.9 Å². The van der Waals surface area contributed by atoms with Crippen molar-refractivity contribution in [1.29, 1.82) is 0 Å². The number of hydrogen-bond acceptors (Lipinski definition) is 5. The Bertz CT molecular complexity index is 1420. The molecule has 5 nitrogen and oxygen atoms in total. The lowest BCUT2D eigenvalue weighted by Crippen LogP contribution is -2.44. The number of amidine groups is 1. The maximum Gasteiger partial charge on any atom is 0.267 e. The summed E-state index contributed by atoms with van der Waals surface area (Å²) in [5.74, 6) is 1.79. The maximum absolute atomic E-state index is 13.8. The second-order valence-electron chi connectivity index (χ2n) is 10.9. The summed E-state index contributed by atoms with van der Waals surface area (Å²) in [6.45, 7) is 9.08. The van der Waals surface area contributed by atoms with Gasteiger partial charge in [-0.05, 0) is 104 Å². The van der Waals surface area contributed by atoms with E-state index in [0.29, 0.717) is 28.9 Å². The number of aliphatic imine (C=N–C) groups is 1. The average molecular weight is 555 g/mol. The van der Waals surface area contributed by atoms with Crippen LogP contribution >= 0.6 is 11.8 Å². The van der Waals surface area contributed by atoms with Gasteiger partial charge in [0.1, 0.15) is 6.61 Å². The van der Waals surface area contributed by atoms with Crippen molar-refractivity contribution in [2.75, 3.05) is 7.11 Å². The molecule has 5 rings (SSSR count). The molecule has 40 heavy (non-hydrogen) atoms. The first-order valence-electron chi connectivity index (χ1n) is 14.1. The van der Waals surface area contributed by atoms with Crippen LogP contribution in [0.3, 0.4) is 0 Å². The second-order valence-corrected chi connectivity index (χ2v) is 11.9. The van der Waals surface area contributed by atoms with Gasteiger partial charge in [0, 0.05) is 6.04 Å². The largest absolute Gasteiger partial charge is 0.493 e. The Labute approximate surface area is 242 Å². The summed E-state index contributed by atoms with van der Waals surface area (Å²) in [6, 6.07) is 20.3. The number of benzene rings is 3. The average Bonchev–Trinajstić information content (AvgIpc) is 3.23. The van der Waals surface area contributed by atoms with Crippen molar-refractivity contribution in [3.8, 4) is 11.5 Å². The lowest BCUT2D eigenvalue weighted by molar-refractivity contribution is -0.124. The minimum absolute atomic E-state index is 0.0306. The third-order valence-corrected chi connectivity index (χ3v) is 8.90. The standard InChI is InChI=1S/C34H38N2O3S/c1-22-17-24(3)28(25(4)18-22)21-39-30-16-15-26(19-31(30)38-5)20-32-33(37)36(29-14-10-9-11-23(29)2)34(40-32)35-27-12-7-6-8-13-27/h6-8,12-13,15-20,23,29H,9-11,14,21H2,1-5H3/b32-20-,35-34?/t23-,29-/m0/s1. The number of para-hydroxylation sites is 1. The number of methoxy groups -OCH3 is 1. The number of thioether (sulfide) groups is 1. The molecular formula is C34H38N2O3S. The van der Waals surface area contributed by atoms with Gasteiger partial charge in [-0.25, -0.2) is 4.99 Å². The van der Waals surface area contributed by atoms with Crippen molar-refractivity contribution in [3.63, 3.8) is 0 Å². The van der Waals surface area contributed by atoms with Crippen molar-refractivity contribution >= 4 is 34.6 Å². The predicted molar refractivity (Wildman–Crippen MR) is 165 cm³/mol. The Morgan fingerprint density at radius 3 is 2.40 bits per heavy atom. The van der Waals surface area contributed by atoms with Gasteiger partial charge in [-0.1, -0.05) is 61.7 Å². The molecule has 6 heteroatoms. The molecule has 208 valence electrons. The van der Waals surface area contributed by atoms with Gasteiger partial charge in [0.15, 0.2) is 16.7 Å². The number of aryl methyl sites for hydroxylation is 3. The number of rotatable bonds is 7. The SMILES string of the molecule is COc1cc(/C=C2\SC(=Nc3ccccc3)N([C@H]3CCCC[C@@H]3C)C2=O)ccc1OCc1c(C)cc(C)cc1C. The van der Waals surface area contributed by atoms with E-state index in [2.05, 4.69) is 39.8 Å². The van der Waals surface area contributed by atoms with Crippen LogP contribution in [-0.2, 0) is 11.4 Å². The fraction of sp³-hybridized carbons (Fsp3) is 0.353. The van der Waals surface area contributed by atoms with Crippen molar-refractivity contribution in [3.05, 3.63) is 93.4 Å². The van der Waals surface area contributed by atoms with Gasteiger partial charge in [0.05, 0.1) is 17.7 Å². The van der Waals surface area contributed by atoms with Gasteiger partial charge in [-0.2, -0.15) is 0 Å². The van der Waals surface area contributed by atoms with E-state index in [9.17, 15) is 4.79 Å². The monoisotopic (exact) mass is 554 g/mol. The Balaban J connectivity index is 1.41. The summed E-state index contributed by atoms with van der Waals surface area (Å²) in [6.07, 6.45) is 6.45. The van der Waals surface area contributed by atoms with Crippen LogP contribution < -0.4 is 9.47 Å². The first-order valence-corrected chi connectivity index (χ1v) is 14.9. The highest BCUT2D eigenvalue weighted by Crippen LogP contribution is 2.41. The van der Waals surface area contributed by atoms with Crippen LogP contribution in [-0.4, -0.2) is 29.1 Å². The van der Waals surface area contributed by atoms with Crippen molar-refractivity contribution in [2.45, 2.75) is 66.0 Å². The smallest absolute Gasteiger partial charge is 0.267 e. The normalized spacial score (nSPS) is 21.3. The van der Waals surface area contributed by atoms with Crippen LogP contribution in [0.25, 0.3) is 6.08 Å². The number of ether oxygens (including phenoxy) is 2. The predicted octanol–water partition coefficient (Wildman–Crippen LogP) is 8.38. The number of nitrogens with zero attached hydrogens (tertiary/aromatic N) is 2. The summed E-state index contributed by atoms with van der Waals surface area (Å²) < 4.78 is 11.9. The van der Waals surface area contributed by atoms with Gasteiger partial charge >= 0.3 is 0 Å². The lowest BCUT2D eigenvalue weighted by atomic mass is 9.85. The van der Waals surface area contributed by atoms with Crippen LogP contribution in [0.2, 0.25) is 0 Å². The molecule has 0 spiro atoms. The molecule has 3 aromatic rings. The van der Waals surface area contributed by atoms with E-state index in [1.165, 1.54) is 40.4 Å². The summed E-state index contributed by atoms with van der Waals surface area (Å²) >= 11 is 1.46. The zero-order valence-corrected chi connectivity index (χ0v) is 24.9. The quantitative estimate of drug-likeness (QED) is 0.275. The zero-order valence-electron chi connectivity index (χ0n) is 24.1. The Kier molecular flexibility index (Phi) is 8.65. The summed E-state index contributed by atoms with van der Waals surface area (Å²) in [5.41, 5.74) is 6.63. The number of carbonyl (C=O) groups is 1. The zero-order chi connectivity index (χ0) is 28.2. The van der Waals surface area contributed by atoms with E-state index in [-0.39, 0.29) is 11.9 Å². The Morgan fingerprint density at radius 2 is 1.70 bits per heavy atom. The van der Waals surface area contributed by atoms with Crippen LogP contribution in [0.15, 0.2) is 70.6 Å². The highest BCUT2D eigenvalue weighted by molar-refractivity contribution is 8.18. The molecule has 1 heterocycles. The van der Waals surface area contributed by atoms with Gasteiger partial charge in [0.2, 0.25) is 0 Å². The van der Waals surface area contributed by atoms with Crippen molar-refractivity contribution < 1.29 is 14.3 Å². The van der Waals surface area contributed by atoms with E-state index in [1.54, 1.807) is 7.11 Å². The Morgan fingerprint density at radius 1 is 0.975 bits per heavy atom. The fourth-order valence-corrected chi connectivity index (χ4v) is 6.83. The highest BCUT2D eigenvalue weighted by atomic mass is 32.2. The summed E-state index contributed by atoms with van der Waals surface area (Å²) in [5, 5.41) is 0.761. The van der Waals surface area contributed by atoms with Gasteiger partial charge in [0.25, 0.3) is 5.91 Å². The van der Waals surface area contributed by atoms with E-state index in [4.69, 9.17) is 14.5 Å². The van der Waals surface area contributed by atoms with Crippen LogP contribution in [0.1, 0.15) is 60.4 Å². The molecule has 2 fully saturated rings. The minimum Gasteiger partial charge on any atom is -0.493 e. The van der Waals surface area contributed by atoms with Crippen LogP contribution in [0.5, 0.6) is 11.5 Å². The van der Waals surface area contributed by atoms with Crippen LogP contribution in [0.4, 0.5) is 5.69 Å². The molecule has 3 aromatic carbocycles. The third kappa shape index (κ3) is 6.12. The molecule has 1 aliphatic heterocycles. The highest BCUT2D eigenvalue weighted by Gasteiger charge is 2.41. The molecule has 0 unspecified atom stereocenters. The maximum atomic E-state index is 13.8. The molecule has 0 N–H and O–H groups in total. The second kappa shape index (κ2) is 12.3. The van der Waals surface area contributed by atoms with E-state index >= 15 is 0 Å². The lowest BCUT2D eigenvalue weighted by Gasteiger charge is -2.35. The minimum atomic E-state index is 0.0306. The first-order chi connectivity index (χ1) is 19.3. The Hall–Kier alpha value is -3.51. The number of carbonyl (C=O) groups excluding carboxylic acids is 1. The van der Waals surface area contributed by atoms with E-state index in [0.717, 1.165) is 35.7 Å². The first kappa shape index (κ1) is 28.0. The topological polar surface area (TPSA) is 51.1 Å². The molecule has 2 atom stereocenters. The fourth-order valence-electron chi connectivity index (χ4n) is 5.78. The van der Waals surface area contributed by atoms with Crippen LogP contribution in [0, 0.1) is 26.7 Å². The number of hydrogen-bond donors (Lipinski definition) is 0. The summed E-state index contributed by atoms with van der Waals surface area (Å²) in [4.78, 5) is 21.4. The third-order valence-electron chi connectivity index (χ3n) is 7.91. The van der Waals surface area contributed by atoms with Gasteiger partial charge in [-0.15, -0.1) is 0 Å². The van der Waals surface area contributed by atoms with E-state index < -0.39 is 0 Å². The van der Waals surface area contributed by atoms with Crippen molar-refractivity contribution in [1.82, 2.24) is 4.90 Å². The molecule has 0 radical (unpaired) electrons. The number of amides is 1. The molecular weight excluding hydrogens is 516 g/mol. The molecule has 1 saturated heterocycles. The molecule has 1 amide bonds. The molecule has 1 aliphatic carbocycles. The molecule has 0 bridgehead atoms. The molecule has 0 aromatic heterocycles. The molecule has 2 aliphatic rings. The van der Waals surface area contributed by atoms with Gasteiger partial charge in [-0.3, -0.25) is 9.69 Å². The summed E-state index contributed by atoms with van der Waals surface area (Å²) in [7, 11) is 1.65. The van der Waals surface area contributed by atoms with E-state index in [1.807, 2.05) is 59.5 Å². The molecule has 1 saturated carbocycles. The van der Waals surface area contributed by atoms with Gasteiger partial charge < -0.3 is 9.47 Å².